The summed E-state index contributed by atoms with van der Waals surface area (Å²) in [6.45, 7) is 5.32. The number of nitrogens with zero attached hydrogens (tertiary/aromatic N) is 5. The molecule has 0 bridgehead atoms. The molecule has 1 aliphatic heterocycles. The van der Waals surface area contributed by atoms with E-state index >= 15 is 0 Å². The maximum Gasteiger partial charge on any atom is 0.225 e. The predicted molar refractivity (Wildman–Crippen MR) is 115 cm³/mol. The minimum atomic E-state index is 0.188. The Morgan fingerprint density at radius 2 is 1.90 bits per heavy atom. The molecule has 1 N–H and O–H groups in total. The fourth-order valence-electron chi connectivity index (χ4n) is 4.49. The van der Waals surface area contributed by atoms with Gasteiger partial charge in [0.1, 0.15) is 0 Å². The number of halogens is 1. The highest BCUT2D eigenvalue weighted by Crippen LogP contribution is 2.32. The summed E-state index contributed by atoms with van der Waals surface area (Å²) in [7, 11) is 2.01. The zero-order valence-electron chi connectivity index (χ0n) is 17.5. The van der Waals surface area contributed by atoms with E-state index in [0.29, 0.717) is 29.3 Å². The quantitative estimate of drug-likeness (QED) is 0.725. The number of carbonyl (C=O) groups excluding carboxylic acids is 1. The van der Waals surface area contributed by atoms with Gasteiger partial charge in [-0.1, -0.05) is 11.6 Å². The summed E-state index contributed by atoms with van der Waals surface area (Å²) < 4.78 is 0. The van der Waals surface area contributed by atoms with E-state index in [9.17, 15) is 4.79 Å². The van der Waals surface area contributed by atoms with Crippen LogP contribution in [0.2, 0.25) is 5.02 Å². The molecule has 1 aromatic rings. The van der Waals surface area contributed by atoms with Crippen LogP contribution in [0, 0.1) is 11.8 Å². The number of β-amino-alcohol motifs (C(OH)–C–C–N with tert-alkyl or cyclic N) is 1. The van der Waals surface area contributed by atoms with Gasteiger partial charge >= 0.3 is 0 Å². The van der Waals surface area contributed by atoms with Gasteiger partial charge in [-0.05, 0) is 51.0 Å². The summed E-state index contributed by atoms with van der Waals surface area (Å²) in [6, 6.07) is 0. The lowest BCUT2D eigenvalue weighted by Crippen LogP contribution is -2.40. The van der Waals surface area contributed by atoms with Gasteiger partial charge in [0.15, 0.2) is 0 Å². The SMILES string of the molecule is CN(CC[C@H]1CC[C@H](C(=O)N2CCCN(CCO)CC2)CC1)c1ncc(Cl)cn1. The van der Waals surface area contributed by atoms with Gasteiger partial charge in [-0.3, -0.25) is 9.69 Å². The fraction of sp³-hybridized carbons (Fsp3) is 0.762. The standard InChI is InChI=1S/C21H34ClN5O2/c1-25(21-23-15-19(22)16-24-21)10-7-17-3-5-18(6-4-17)20(29)27-9-2-8-26(11-12-27)13-14-28/h15-18,28H,2-14H2,1H3/t17-,18-. The van der Waals surface area contributed by atoms with Gasteiger partial charge in [0.05, 0.1) is 24.0 Å². The van der Waals surface area contributed by atoms with E-state index in [4.69, 9.17) is 16.7 Å². The van der Waals surface area contributed by atoms with Crippen LogP contribution in [0.3, 0.4) is 0 Å². The molecule has 3 rings (SSSR count). The zero-order valence-corrected chi connectivity index (χ0v) is 18.2. The number of anilines is 1. The number of amides is 1. The minimum absolute atomic E-state index is 0.188. The van der Waals surface area contributed by atoms with Crippen molar-refractivity contribution in [3.63, 3.8) is 0 Å². The molecule has 0 spiro atoms. The second-order valence-electron chi connectivity index (χ2n) is 8.37. The van der Waals surface area contributed by atoms with Crippen LogP contribution >= 0.6 is 11.6 Å². The highest BCUT2D eigenvalue weighted by molar-refractivity contribution is 6.30. The van der Waals surface area contributed by atoms with Gasteiger partial charge in [-0.25, -0.2) is 9.97 Å². The molecule has 2 aliphatic rings. The third kappa shape index (κ3) is 6.52. The summed E-state index contributed by atoms with van der Waals surface area (Å²) in [4.78, 5) is 27.9. The van der Waals surface area contributed by atoms with Crippen LogP contribution in [0.5, 0.6) is 0 Å². The Balaban J connectivity index is 1.39. The van der Waals surface area contributed by atoms with Crippen LogP contribution in [0.1, 0.15) is 38.5 Å². The van der Waals surface area contributed by atoms with Crippen LogP contribution in [-0.4, -0.2) is 83.7 Å². The summed E-state index contributed by atoms with van der Waals surface area (Å²) in [5.74, 6) is 1.90. The van der Waals surface area contributed by atoms with E-state index in [0.717, 1.165) is 71.2 Å². The van der Waals surface area contributed by atoms with Crippen molar-refractivity contribution in [2.45, 2.75) is 38.5 Å². The maximum atomic E-state index is 13.0. The van der Waals surface area contributed by atoms with Crippen molar-refractivity contribution < 1.29 is 9.90 Å². The summed E-state index contributed by atoms with van der Waals surface area (Å²) in [5, 5.41) is 9.68. The third-order valence-electron chi connectivity index (χ3n) is 6.33. The minimum Gasteiger partial charge on any atom is -0.395 e. The molecule has 2 fully saturated rings. The average molecular weight is 424 g/mol. The molecule has 1 aliphatic carbocycles. The maximum absolute atomic E-state index is 13.0. The molecule has 1 aromatic heterocycles. The molecule has 1 saturated heterocycles. The molecule has 162 valence electrons. The topological polar surface area (TPSA) is 72.8 Å². The third-order valence-corrected chi connectivity index (χ3v) is 6.53. The number of aliphatic hydroxyl groups is 1. The smallest absolute Gasteiger partial charge is 0.225 e. The van der Waals surface area contributed by atoms with E-state index in [1.54, 1.807) is 12.4 Å². The Morgan fingerprint density at radius 3 is 2.59 bits per heavy atom. The molecule has 1 saturated carbocycles. The molecular weight excluding hydrogens is 390 g/mol. The molecule has 1 amide bonds. The highest BCUT2D eigenvalue weighted by atomic mass is 35.5. The fourth-order valence-corrected chi connectivity index (χ4v) is 4.59. The van der Waals surface area contributed by atoms with Crippen molar-refractivity contribution in [1.29, 1.82) is 0 Å². The highest BCUT2D eigenvalue weighted by Gasteiger charge is 2.30. The van der Waals surface area contributed by atoms with Gasteiger partial charge in [0, 0.05) is 45.7 Å². The van der Waals surface area contributed by atoms with E-state index in [2.05, 4.69) is 24.7 Å². The van der Waals surface area contributed by atoms with Crippen LogP contribution in [0.15, 0.2) is 12.4 Å². The first-order valence-corrected chi connectivity index (χ1v) is 11.2. The van der Waals surface area contributed by atoms with E-state index in [1.165, 1.54) is 0 Å². The van der Waals surface area contributed by atoms with Crippen molar-refractivity contribution >= 4 is 23.5 Å². The Hall–Kier alpha value is -1.44. The van der Waals surface area contributed by atoms with Crippen LogP contribution in [-0.2, 0) is 4.79 Å². The number of hydrogen-bond acceptors (Lipinski definition) is 6. The van der Waals surface area contributed by atoms with Crippen LogP contribution in [0.25, 0.3) is 0 Å². The zero-order chi connectivity index (χ0) is 20.6. The first-order valence-electron chi connectivity index (χ1n) is 10.9. The Labute approximate surface area is 179 Å². The predicted octanol–water partition coefficient (Wildman–Crippen LogP) is 2.29. The summed E-state index contributed by atoms with van der Waals surface area (Å²) in [5.41, 5.74) is 0. The average Bonchev–Trinajstić information content (AvgIpc) is 2.98. The number of rotatable bonds is 7. The van der Waals surface area contributed by atoms with Crippen molar-refractivity contribution in [3.05, 3.63) is 17.4 Å². The number of hydrogen-bond donors (Lipinski definition) is 1. The Bertz CT molecular complexity index is 636. The number of aliphatic hydroxyl groups excluding tert-OH is 1. The molecule has 2 heterocycles. The summed E-state index contributed by atoms with van der Waals surface area (Å²) >= 11 is 5.85. The van der Waals surface area contributed by atoms with Gasteiger partial charge in [-0.15, -0.1) is 0 Å². The lowest BCUT2D eigenvalue weighted by molar-refractivity contribution is -0.136. The van der Waals surface area contributed by atoms with Crippen LogP contribution in [0.4, 0.5) is 5.95 Å². The molecule has 29 heavy (non-hydrogen) atoms. The Kier molecular flexibility index (Phi) is 8.51. The second-order valence-corrected chi connectivity index (χ2v) is 8.81. The number of carbonyl (C=O) groups is 1. The van der Waals surface area contributed by atoms with Crippen molar-refractivity contribution in [2.75, 3.05) is 57.8 Å². The molecule has 8 heteroatoms. The first kappa shape index (κ1) is 22.2. The number of aromatic nitrogens is 2. The molecule has 7 nitrogen and oxygen atoms in total. The molecular formula is C21H34ClN5O2. The van der Waals surface area contributed by atoms with Crippen molar-refractivity contribution in [3.8, 4) is 0 Å². The first-order chi connectivity index (χ1) is 14.1. The van der Waals surface area contributed by atoms with Gasteiger partial charge < -0.3 is 14.9 Å². The second kappa shape index (κ2) is 11.1. The lowest BCUT2D eigenvalue weighted by Gasteiger charge is -2.32. The molecule has 0 unspecified atom stereocenters. The van der Waals surface area contributed by atoms with Crippen LogP contribution < -0.4 is 4.90 Å². The summed E-state index contributed by atoms with van der Waals surface area (Å²) in [6.07, 6.45) is 9.60. The van der Waals surface area contributed by atoms with E-state index < -0.39 is 0 Å². The van der Waals surface area contributed by atoms with Crippen molar-refractivity contribution in [2.24, 2.45) is 11.8 Å². The van der Waals surface area contributed by atoms with Gasteiger partial charge in [0.2, 0.25) is 11.9 Å². The van der Waals surface area contributed by atoms with E-state index in [1.807, 2.05) is 7.05 Å². The monoisotopic (exact) mass is 423 g/mol. The van der Waals surface area contributed by atoms with Gasteiger partial charge in [0.25, 0.3) is 0 Å². The van der Waals surface area contributed by atoms with Crippen molar-refractivity contribution in [1.82, 2.24) is 19.8 Å². The molecule has 0 radical (unpaired) electrons. The Morgan fingerprint density at radius 1 is 1.17 bits per heavy atom. The lowest BCUT2D eigenvalue weighted by atomic mass is 9.80. The van der Waals surface area contributed by atoms with Gasteiger partial charge in [-0.2, -0.15) is 0 Å². The normalized spacial score (nSPS) is 23.6. The molecule has 0 atom stereocenters. The van der Waals surface area contributed by atoms with E-state index in [-0.39, 0.29) is 12.5 Å². The largest absolute Gasteiger partial charge is 0.395 e. The molecule has 0 aromatic carbocycles.